The number of hydrogen-bond acceptors (Lipinski definition) is 7. The molecule has 0 saturated carbocycles. The van der Waals surface area contributed by atoms with Crippen molar-refractivity contribution in [1.82, 2.24) is 5.32 Å². The van der Waals surface area contributed by atoms with Crippen LogP contribution in [0.4, 0.5) is 15.8 Å². The molecule has 30 heavy (non-hydrogen) atoms. The molecule has 2 amide bonds. The van der Waals surface area contributed by atoms with Crippen LogP contribution in [-0.4, -0.2) is 42.5 Å². The van der Waals surface area contributed by atoms with Gasteiger partial charge in [-0.25, -0.2) is 0 Å². The molecule has 0 radical (unpaired) electrons. The first kappa shape index (κ1) is 22.3. The number of ether oxygens (including phenoxy) is 2. The highest BCUT2D eigenvalue weighted by atomic mass is 19.1. The molecule has 0 saturated heterocycles. The maximum atomic E-state index is 13.3. The Hall–Kier alpha value is -4.02. The number of rotatable bonds is 9. The van der Waals surface area contributed by atoms with Gasteiger partial charge in [-0.3, -0.25) is 24.5 Å². The number of nitrogens with one attached hydrogen (secondary N) is 2. The van der Waals surface area contributed by atoms with Crippen LogP contribution in [0, 0.1) is 15.9 Å². The summed E-state index contributed by atoms with van der Waals surface area (Å²) in [4.78, 5) is 45.2. The summed E-state index contributed by atoms with van der Waals surface area (Å²) in [5.74, 6) is -2.62. The molecule has 0 aromatic heterocycles. The SMILES string of the molecule is CCOc1ccc(C(=O)NCC(=O)OCC(=O)Nc2ccc(F)c([N+](=O)[O-])c2)cc1. The first-order valence-electron chi connectivity index (χ1n) is 8.70. The zero-order valence-corrected chi connectivity index (χ0v) is 15.8. The minimum atomic E-state index is -1.05. The van der Waals surface area contributed by atoms with Crippen molar-refractivity contribution in [3.63, 3.8) is 0 Å². The summed E-state index contributed by atoms with van der Waals surface area (Å²) in [6.07, 6.45) is 0. The van der Waals surface area contributed by atoms with Gasteiger partial charge in [0.2, 0.25) is 5.82 Å². The lowest BCUT2D eigenvalue weighted by Gasteiger charge is -2.08. The molecule has 0 aliphatic rings. The third-order valence-corrected chi connectivity index (χ3v) is 3.61. The summed E-state index contributed by atoms with van der Waals surface area (Å²) < 4.78 is 23.3. The quantitative estimate of drug-likeness (QED) is 0.360. The Morgan fingerprint density at radius 2 is 1.83 bits per heavy atom. The molecule has 0 aliphatic heterocycles. The number of esters is 1. The molecule has 2 N–H and O–H groups in total. The van der Waals surface area contributed by atoms with Crippen molar-refractivity contribution in [2.24, 2.45) is 0 Å². The Kier molecular flexibility index (Phi) is 7.80. The third-order valence-electron chi connectivity index (χ3n) is 3.61. The van der Waals surface area contributed by atoms with E-state index < -0.39 is 47.4 Å². The number of carbonyl (C=O) groups is 3. The van der Waals surface area contributed by atoms with Crippen LogP contribution in [0.2, 0.25) is 0 Å². The van der Waals surface area contributed by atoms with Gasteiger partial charge in [-0.1, -0.05) is 0 Å². The first-order chi connectivity index (χ1) is 14.3. The van der Waals surface area contributed by atoms with Crippen molar-refractivity contribution in [1.29, 1.82) is 0 Å². The van der Waals surface area contributed by atoms with Crippen molar-refractivity contribution in [2.75, 3.05) is 25.1 Å². The van der Waals surface area contributed by atoms with E-state index >= 15 is 0 Å². The summed E-state index contributed by atoms with van der Waals surface area (Å²) in [7, 11) is 0. The molecule has 0 unspecified atom stereocenters. The molecule has 158 valence electrons. The van der Waals surface area contributed by atoms with Gasteiger partial charge in [0.1, 0.15) is 12.3 Å². The van der Waals surface area contributed by atoms with Crippen LogP contribution < -0.4 is 15.4 Å². The van der Waals surface area contributed by atoms with Crippen LogP contribution in [0.3, 0.4) is 0 Å². The maximum Gasteiger partial charge on any atom is 0.325 e. The van der Waals surface area contributed by atoms with E-state index in [9.17, 15) is 28.9 Å². The molecule has 10 nitrogen and oxygen atoms in total. The summed E-state index contributed by atoms with van der Waals surface area (Å²) in [5, 5.41) is 15.3. The van der Waals surface area contributed by atoms with E-state index in [0.717, 1.165) is 18.2 Å². The third kappa shape index (κ3) is 6.55. The van der Waals surface area contributed by atoms with E-state index in [1.54, 1.807) is 12.1 Å². The number of benzene rings is 2. The normalized spacial score (nSPS) is 10.1. The Morgan fingerprint density at radius 3 is 2.47 bits per heavy atom. The van der Waals surface area contributed by atoms with Gasteiger partial charge in [-0.2, -0.15) is 4.39 Å². The van der Waals surface area contributed by atoms with Crippen LogP contribution in [0.15, 0.2) is 42.5 Å². The number of halogens is 1. The lowest BCUT2D eigenvalue weighted by molar-refractivity contribution is -0.387. The smallest absolute Gasteiger partial charge is 0.325 e. The topological polar surface area (TPSA) is 137 Å². The lowest BCUT2D eigenvalue weighted by atomic mass is 10.2. The van der Waals surface area contributed by atoms with Crippen LogP contribution in [0.1, 0.15) is 17.3 Å². The molecular formula is C19H18FN3O7. The van der Waals surface area contributed by atoms with Gasteiger partial charge in [-0.05, 0) is 43.3 Å². The second-order valence-electron chi connectivity index (χ2n) is 5.77. The van der Waals surface area contributed by atoms with Gasteiger partial charge >= 0.3 is 11.7 Å². The zero-order chi connectivity index (χ0) is 22.1. The zero-order valence-electron chi connectivity index (χ0n) is 15.8. The molecule has 0 heterocycles. The van der Waals surface area contributed by atoms with E-state index in [2.05, 4.69) is 10.6 Å². The predicted octanol–water partition coefficient (Wildman–Crippen LogP) is 2.04. The number of amides is 2. The highest BCUT2D eigenvalue weighted by Gasteiger charge is 2.16. The van der Waals surface area contributed by atoms with Crippen molar-refractivity contribution in [2.45, 2.75) is 6.92 Å². The van der Waals surface area contributed by atoms with Gasteiger partial charge in [0, 0.05) is 17.3 Å². The van der Waals surface area contributed by atoms with Gasteiger partial charge in [0.15, 0.2) is 6.61 Å². The largest absolute Gasteiger partial charge is 0.494 e. The number of carbonyl (C=O) groups excluding carboxylic acids is 3. The second-order valence-corrected chi connectivity index (χ2v) is 5.77. The summed E-state index contributed by atoms with van der Waals surface area (Å²) in [6.45, 7) is 1.16. The van der Waals surface area contributed by atoms with E-state index in [0.29, 0.717) is 17.9 Å². The monoisotopic (exact) mass is 419 g/mol. The Morgan fingerprint density at radius 1 is 1.13 bits per heavy atom. The van der Waals surface area contributed by atoms with E-state index in [4.69, 9.17) is 9.47 Å². The molecule has 2 aromatic rings. The standard InChI is InChI=1S/C19H18FN3O7/c1-2-29-14-6-3-12(4-7-14)19(26)21-10-18(25)30-11-17(24)22-13-5-8-15(20)16(9-13)23(27)28/h3-9H,2,10-11H2,1H3,(H,21,26)(H,22,24). The fourth-order valence-corrected chi connectivity index (χ4v) is 2.25. The van der Waals surface area contributed by atoms with Crippen LogP contribution in [0.5, 0.6) is 5.75 Å². The van der Waals surface area contributed by atoms with Gasteiger partial charge in [-0.15, -0.1) is 0 Å². The molecule has 0 fully saturated rings. The fraction of sp³-hybridized carbons (Fsp3) is 0.211. The molecule has 2 rings (SSSR count). The fourth-order valence-electron chi connectivity index (χ4n) is 2.25. The van der Waals surface area contributed by atoms with Crippen molar-refractivity contribution < 1.29 is 33.2 Å². The highest BCUT2D eigenvalue weighted by Crippen LogP contribution is 2.21. The van der Waals surface area contributed by atoms with E-state index in [1.165, 1.54) is 12.1 Å². The molecule has 0 spiro atoms. The minimum absolute atomic E-state index is 0.0343. The highest BCUT2D eigenvalue weighted by molar-refractivity contribution is 5.96. The summed E-state index contributed by atoms with van der Waals surface area (Å²) >= 11 is 0. The van der Waals surface area contributed by atoms with Gasteiger partial charge in [0.05, 0.1) is 11.5 Å². The Bertz CT molecular complexity index is 948. The Labute approximate surface area is 170 Å². The average Bonchev–Trinajstić information content (AvgIpc) is 2.72. The first-order valence-corrected chi connectivity index (χ1v) is 8.70. The predicted molar refractivity (Wildman–Crippen MR) is 103 cm³/mol. The number of nitrogens with zero attached hydrogens (tertiary/aromatic N) is 1. The maximum absolute atomic E-state index is 13.3. The average molecular weight is 419 g/mol. The van der Waals surface area contributed by atoms with Crippen molar-refractivity contribution in [3.05, 3.63) is 64.0 Å². The number of hydrogen-bond donors (Lipinski definition) is 2. The van der Waals surface area contributed by atoms with Crippen LogP contribution in [-0.2, 0) is 14.3 Å². The Balaban J connectivity index is 1.77. The lowest BCUT2D eigenvalue weighted by Crippen LogP contribution is -2.32. The molecule has 2 aromatic carbocycles. The molecule has 0 aliphatic carbocycles. The minimum Gasteiger partial charge on any atom is -0.494 e. The van der Waals surface area contributed by atoms with Crippen LogP contribution in [0.25, 0.3) is 0 Å². The second kappa shape index (κ2) is 10.5. The van der Waals surface area contributed by atoms with Gasteiger partial charge < -0.3 is 20.1 Å². The van der Waals surface area contributed by atoms with Gasteiger partial charge in [0.25, 0.3) is 11.8 Å². The van der Waals surface area contributed by atoms with Crippen molar-refractivity contribution in [3.8, 4) is 5.75 Å². The molecular weight excluding hydrogens is 401 g/mol. The number of anilines is 1. The van der Waals surface area contributed by atoms with E-state index in [1.807, 2.05) is 6.92 Å². The molecule has 11 heteroatoms. The van der Waals surface area contributed by atoms with E-state index in [-0.39, 0.29) is 5.69 Å². The molecule has 0 bridgehead atoms. The molecule has 0 atom stereocenters. The summed E-state index contributed by atoms with van der Waals surface area (Å²) in [6, 6.07) is 9.07. The number of nitro groups is 1. The van der Waals surface area contributed by atoms with Crippen LogP contribution >= 0.6 is 0 Å². The van der Waals surface area contributed by atoms with Crippen molar-refractivity contribution >= 4 is 29.2 Å². The number of nitro benzene ring substituents is 1. The summed E-state index contributed by atoms with van der Waals surface area (Å²) in [5.41, 5.74) is -0.531.